The number of nitrogens with zero attached hydrogens (tertiary/aromatic N) is 2. The third-order valence-electron chi connectivity index (χ3n) is 11.0. The van der Waals surface area contributed by atoms with Crippen LogP contribution in [-0.4, -0.2) is 51.7 Å². The van der Waals surface area contributed by atoms with Gasteiger partial charge < -0.3 is 19.1 Å². The number of esters is 2. The third kappa shape index (κ3) is 5.99. The standard InChI is InChI=1S/C35H44N2O6/c1-5-33(3)15-12-27-13-16-35(24(2)32(33)41)17-14-28(38)31(35)34(27,4)22-43-30(40)21-42-29(39)11-10-25-6-8-26(9-7-25)20-37-19-18-36-23-37/h5-11,18-19,23-24,27,31-32,41H,1,12-17,20-22H2,2-4H3/b11-10+/t24-,27+,31-,32-,33+,34+,35-/m0/s1. The average Bonchev–Trinajstić information content (AvgIpc) is 3.66. The van der Waals surface area contributed by atoms with E-state index in [-0.39, 0.29) is 35.6 Å². The molecule has 0 radical (unpaired) electrons. The predicted octanol–water partition coefficient (Wildman–Crippen LogP) is 5.40. The van der Waals surface area contributed by atoms with Crippen molar-refractivity contribution in [2.45, 2.75) is 71.9 Å². The first-order valence-corrected chi connectivity index (χ1v) is 15.4. The fraction of sp³-hybridized carbons (Fsp3) is 0.543. The number of fused-ring (bicyclic) bond motifs is 5. The Bertz CT molecular complexity index is 1370. The van der Waals surface area contributed by atoms with Gasteiger partial charge in [0, 0.05) is 48.2 Å². The van der Waals surface area contributed by atoms with Crippen molar-refractivity contribution in [3.05, 3.63) is 72.8 Å². The molecule has 4 aliphatic carbocycles. The van der Waals surface area contributed by atoms with Gasteiger partial charge in [0.15, 0.2) is 6.61 Å². The molecule has 43 heavy (non-hydrogen) atoms. The fourth-order valence-corrected chi connectivity index (χ4v) is 8.35. The Morgan fingerprint density at radius 2 is 1.88 bits per heavy atom. The second kappa shape index (κ2) is 12.2. The summed E-state index contributed by atoms with van der Waals surface area (Å²) in [7, 11) is 0. The molecule has 8 nitrogen and oxygen atoms in total. The zero-order valence-corrected chi connectivity index (χ0v) is 25.5. The van der Waals surface area contributed by atoms with Crippen LogP contribution in [-0.2, 0) is 30.4 Å². The molecular formula is C35H44N2O6. The van der Waals surface area contributed by atoms with E-state index in [1.54, 1.807) is 18.6 Å². The Morgan fingerprint density at radius 1 is 1.14 bits per heavy atom. The molecule has 1 aromatic heterocycles. The highest BCUT2D eigenvalue weighted by atomic mass is 16.6. The number of hydrogen-bond donors (Lipinski definition) is 1. The van der Waals surface area contributed by atoms with Crippen LogP contribution >= 0.6 is 0 Å². The second-order valence-electron chi connectivity index (χ2n) is 13.4. The Morgan fingerprint density at radius 3 is 2.58 bits per heavy atom. The minimum atomic E-state index is -0.636. The summed E-state index contributed by atoms with van der Waals surface area (Å²) in [5.74, 6) is -1.29. The Kier molecular flexibility index (Phi) is 8.80. The maximum absolute atomic E-state index is 13.5. The number of ketones is 1. The molecule has 1 heterocycles. The lowest BCUT2D eigenvalue weighted by Gasteiger charge is -2.55. The third-order valence-corrected chi connectivity index (χ3v) is 11.0. The van der Waals surface area contributed by atoms with Crippen LogP contribution in [0.2, 0.25) is 0 Å². The monoisotopic (exact) mass is 588 g/mol. The van der Waals surface area contributed by atoms with E-state index in [0.717, 1.165) is 43.2 Å². The maximum atomic E-state index is 13.5. The maximum Gasteiger partial charge on any atom is 0.344 e. The number of Topliss-reactive ketones (excluding diaryl/α,β-unsaturated/α-hetero) is 1. The highest BCUT2D eigenvalue weighted by molar-refractivity contribution is 5.88. The van der Waals surface area contributed by atoms with E-state index in [4.69, 9.17) is 9.47 Å². The lowest BCUT2D eigenvalue weighted by Crippen LogP contribution is -2.56. The van der Waals surface area contributed by atoms with Crippen molar-refractivity contribution in [1.82, 2.24) is 9.55 Å². The van der Waals surface area contributed by atoms with Crippen molar-refractivity contribution in [2.75, 3.05) is 13.2 Å². The first kappa shape index (κ1) is 30.9. The smallest absolute Gasteiger partial charge is 0.344 e. The van der Waals surface area contributed by atoms with Gasteiger partial charge in [0.2, 0.25) is 0 Å². The van der Waals surface area contributed by atoms with Gasteiger partial charge in [0.1, 0.15) is 5.78 Å². The van der Waals surface area contributed by atoms with E-state index < -0.39 is 35.5 Å². The Hall–Kier alpha value is -3.52. The summed E-state index contributed by atoms with van der Waals surface area (Å²) in [6, 6.07) is 7.77. The number of benzene rings is 1. The molecule has 7 atom stereocenters. The van der Waals surface area contributed by atoms with Crippen molar-refractivity contribution < 1.29 is 29.0 Å². The van der Waals surface area contributed by atoms with Crippen molar-refractivity contribution >= 4 is 23.8 Å². The molecule has 230 valence electrons. The molecule has 0 aliphatic heterocycles. The van der Waals surface area contributed by atoms with Crippen LogP contribution in [0.3, 0.4) is 0 Å². The summed E-state index contributed by atoms with van der Waals surface area (Å²) in [6.45, 7) is 10.6. The van der Waals surface area contributed by atoms with E-state index >= 15 is 0 Å². The highest BCUT2D eigenvalue weighted by Gasteiger charge is 2.65. The van der Waals surface area contributed by atoms with Crippen LogP contribution < -0.4 is 0 Å². The topological polar surface area (TPSA) is 108 Å². The van der Waals surface area contributed by atoms with E-state index in [1.165, 1.54) is 6.08 Å². The number of aromatic nitrogens is 2. The Balaban J connectivity index is 1.19. The summed E-state index contributed by atoms with van der Waals surface area (Å²) < 4.78 is 12.9. The zero-order valence-electron chi connectivity index (χ0n) is 25.5. The summed E-state index contributed by atoms with van der Waals surface area (Å²) in [6.07, 6.45) is 14.2. The molecule has 4 aliphatic rings. The van der Waals surface area contributed by atoms with E-state index in [0.29, 0.717) is 13.0 Å². The van der Waals surface area contributed by atoms with Gasteiger partial charge in [-0.2, -0.15) is 0 Å². The molecule has 1 aromatic carbocycles. The first-order chi connectivity index (χ1) is 20.5. The molecule has 6 rings (SSSR count). The molecule has 0 amide bonds. The summed E-state index contributed by atoms with van der Waals surface area (Å²) in [5.41, 5.74) is 0.595. The second-order valence-corrected chi connectivity index (χ2v) is 13.4. The first-order valence-electron chi connectivity index (χ1n) is 15.4. The average molecular weight is 589 g/mol. The van der Waals surface area contributed by atoms with Crippen LogP contribution in [0.15, 0.2) is 61.7 Å². The number of imidazole rings is 1. The highest BCUT2D eigenvalue weighted by Crippen LogP contribution is 2.66. The van der Waals surface area contributed by atoms with Crippen molar-refractivity contribution in [3.63, 3.8) is 0 Å². The summed E-state index contributed by atoms with van der Waals surface area (Å²) in [4.78, 5) is 42.6. The van der Waals surface area contributed by atoms with E-state index in [9.17, 15) is 19.5 Å². The SMILES string of the molecule is C=C[C@]1(C)CC[C@@H]2CC[C@]3(CCC(=O)[C@H]3[C@]2(C)COC(=O)COC(=O)/C=C/c2ccc(Cn3ccnc3)cc2)[C@@H](C)[C@@H]1O. The minimum absolute atomic E-state index is 0.0844. The minimum Gasteiger partial charge on any atom is -0.463 e. The van der Waals surface area contributed by atoms with Crippen LogP contribution in [0.5, 0.6) is 0 Å². The van der Waals surface area contributed by atoms with Gasteiger partial charge in [0.05, 0.1) is 19.0 Å². The fourth-order valence-electron chi connectivity index (χ4n) is 8.35. The van der Waals surface area contributed by atoms with Gasteiger partial charge >= 0.3 is 11.9 Å². The molecule has 4 fully saturated rings. The van der Waals surface area contributed by atoms with Crippen molar-refractivity contribution in [2.24, 2.45) is 34.0 Å². The number of carbonyl (C=O) groups is 3. The number of rotatable bonds is 9. The van der Waals surface area contributed by atoms with Crippen LogP contribution in [0.25, 0.3) is 6.08 Å². The summed E-state index contributed by atoms with van der Waals surface area (Å²) >= 11 is 0. The van der Waals surface area contributed by atoms with Crippen LogP contribution in [0.1, 0.15) is 70.4 Å². The molecule has 4 saturated carbocycles. The molecule has 0 saturated heterocycles. The zero-order chi connectivity index (χ0) is 30.8. The largest absolute Gasteiger partial charge is 0.463 e. The number of aliphatic hydroxyl groups excluding tert-OH is 1. The Labute approximate surface area is 254 Å². The van der Waals surface area contributed by atoms with Crippen LogP contribution in [0, 0.1) is 34.0 Å². The van der Waals surface area contributed by atoms with Gasteiger partial charge in [-0.3, -0.25) is 4.79 Å². The van der Waals surface area contributed by atoms with Crippen molar-refractivity contribution in [1.29, 1.82) is 0 Å². The molecule has 0 unspecified atom stereocenters. The predicted molar refractivity (Wildman–Crippen MR) is 162 cm³/mol. The quantitative estimate of drug-likeness (QED) is 0.238. The van der Waals surface area contributed by atoms with Gasteiger partial charge in [0.25, 0.3) is 0 Å². The normalized spacial score (nSPS) is 33.8. The molecule has 2 bridgehead atoms. The molecule has 1 N–H and O–H groups in total. The van der Waals surface area contributed by atoms with E-state index in [2.05, 4.69) is 32.3 Å². The van der Waals surface area contributed by atoms with Crippen LogP contribution in [0.4, 0.5) is 0 Å². The molecule has 1 spiro atoms. The number of ether oxygens (including phenoxy) is 2. The van der Waals surface area contributed by atoms with Gasteiger partial charge in [-0.1, -0.05) is 51.1 Å². The van der Waals surface area contributed by atoms with Crippen molar-refractivity contribution in [3.8, 4) is 0 Å². The van der Waals surface area contributed by atoms with Gasteiger partial charge in [-0.25, -0.2) is 14.6 Å². The molecule has 2 aromatic rings. The number of aliphatic hydroxyl groups is 1. The van der Waals surface area contributed by atoms with E-state index in [1.807, 2.05) is 41.1 Å². The molecule has 8 heteroatoms. The number of hydrogen-bond acceptors (Lipinski definition) is 7. The van der Waals surface area contributed by atoms with Gasteiger partial charge in [-0.15, -0.1) is 6.58 Å². The molecular weight excluding hydrogens is 544 g/mol. The lowest BCUT2D eigenvalue weighted by atomic mass is 9.48. The van der Waals surface area contributed by atoms with Gasteiger partial charge in [-0.05, 0) is 66.6 Å². The lowest BCUT2D eigenvalue weighted by molar-refractivity contribution is -0.171. The summed E-state index contributed by atoms with van der Waals surface area (Å²) in [5, 5.41) is 11.5. The number of carbonyl (C=O) groups excluding carboxylic acids is 3.